The van der Waals surface area contributed by atoms with Crippen LogP contribution in [-0.2, 0) is 0 Å². The molecule has 1 amide bonds. The largest absolute Gasteiger partial charge is 0.465 e. The minimum Gasteiger partial charge on any atom is -0.465 e. The van der Waals surface area contributed by atoms with Crippen LogP contribution in [0.25, 0.3) is 0 Å². The summed E-state index contributed by atoms with van der Waals surface area (Å²) < 4.78 is 0. The fraction of sp³-hybridized carbons (Fsp3) is 0.900. The molecule has 0 aromatic heterocycles. The van der Waals surface area contributed by atoms with Crippen LogP contribution in [0.15, 0.2) is 0 Å². The van der Waals surface area contributed by atoms with Gasteiger partial charge in [-0.25, -0.2) is 4.79 Å². The smallest absolute Gasteiger partial charge is 0.408 e. The summed E-state index contributed by atoms with van der Waals surface area (Å²) >= 11 is 0. The van der Waals surface area contributed by atoms with Crippen molar-refractivity contribution in [1.82, 2.24) is 4.90 Å². The summed E-state index contributed by atoms with van der Waals surface area (Å²) in [5.41, 5.74) is -0.483. The molecule has 14 heavy (non-hydrogen) atoms. The topological polar surface area (TPSA) is 60.8 Å². The predicted molar refractivity (Wildman–Crippen MR) is 55.3 cm³/mol. The molecule has 0 rings (SSSR count). The standard InChI is InChI=1S/C10H21NO3/c1-7(2)8(6-12)11(9(13)14)10(3,4)5/h7-8,12H,6H2,1-5H3,(H,13,14). The van der Waals surface area contributed by atoms with Gasteiger partial charge < -0.3 is 10.2 Å². The molecule has 4 heteroatoms. The molecule has 0 aliphatic heterocycles. The number of aliphatic hydroxyl groups is 1. The molecule has 84 valence electrons. The number of carbonyl (C=O) groups is 1. The average Bonchev–Trinajstić information content (AvgIpc) is 1.95. The summed E-state index contributed by atoms with van der Waals surface area (Å²) in [6.07, 6.45) is -0.981. The second-order valence-corrected chi connectivity index (χ2v) is 4.82. The Labute approximate surface area is 85.5 Å². The van der Waals surface area contributed by atoms with Crippen molar-refractivity contribution < 1.29 is 15.0 Å². The zero-order valence-corrected chi connectivity index (χ0v) is 9.61. The summed E-state index contributed by atoms with van der Waals surface area (Å²) in [4.78, 5) is 12.4. The second kappa shape index (κ2) is 4.64. The van der Waals surface area contributed by atoms with Gasteiger partial charge in [0, 0.05) is 5.54 Å². The van der Waals surface area contributed by atoms with Crippen LogP contribution >= 0.6 is 0 Å². The molecule has 1 unspecified atom stereocenters. The van der Waals surface area contributed by atoms with Crippen molar-refractivity contribution in [2.24, 2.45) is 5.92 Å². The van der Waals surface area contributed by atoms with E-state index in [9.17, 15) is 9.90 Å². The highest BCUT2D eigenvalue weighted by Crippen LogP contribution is 2.21. The Balaban J connectivity index is 4.89. The molecule has 4 nitrogen and oxygen atoms in total. The number of hydrogen-bond donors (Lipinski definition) is 2. The molecule has 0 bridgehead atoms. The summed E-state index contributed by atoms with van der Waals surface area (Å²) in [6.45, 7) is 9.15. The van der Waals surface area contributed by atoms with E-state index >= 15 is 0 Å². The zero-order valence-electron chi connectivity index (χ0n) is 9.61. The van der Waals surface area contributed by atoms with Gasteiger partial charge in [-0.3, -0.25) is 4.90 Å². The molecule has 0 aliphatic rings. The van der Waals surface area contributed by atoms with Crippen molar-refractivity contribution in [1.29, 1.82) is 0 Å². The Morgan fingerprint density at radius 1 is 1.36 bits per heavy atom. The number of nitrogens with zero attached hydrogens (tertiary/aromatic N) is 1. The highest BCUT2D eigenvalue weighted by molar-refractivity contribution is 5.66. The van der Waals surface area contributed by atoms with Crippen molar-refractivity contribution in [3.63, 3.8) is 0 Å². The summed E-state index contributed by atoms with van der Waals surface area (Å²) in [5, 5.41) is 18.2. The van der Waals surface area contributed by atoms with Crippen molar-refractivity contribution >= 4 is 6.09 Å². The minimum absolute atomic E-state index is 0.107. The number of hydrogen-bond acceptors (Lipinski definition) is 2. The maximum atomic E-state index is 11.1. The quantitative estimate of drug-likeness (QED) is 0.735. The van der Waals surface area contributed by atoms with Crippen LogP contribution in [0, 0.1) is 5.92 Å². The third-order valence-electron chi connectivity index (χ3n) is 2.22. The normalized spacial score (nSPS) is 14.2. The third kappa shape index (κ3) is 3.18. The van der Waals surface area contributed by atoms with Crippen LogP contribution in [0.3, 0.4) is 0 Å². The van der Waals surface area contributed by atoms with Gasteiger partial charge in [0.05, 0.1) is 12.6 Å². The first-order chi connectivity index (χ1) is 6.21. The molecule has 0 radical (unpaired) electrons. The van der Waals surface area contributed by atoms with E-state index in [2.05, 4.69) is 0 Å². The van der Waals surface area contributed by atoms with Crippen LogP contribution in [0.4, 0.5) is 4.79 Å². The SMILES string of the molecule is CC(C)C(CO)N(C(=O)O)C(C)(C)C. The number of aliphatic hydroxyl groups excluding tert-OH is 1. The number of carboxylic acid groups (broad SMARTS) is 1. The van der Waals surface area contributed by atoms with Gasteiger partial charge in [0.2, 0.25) is 0 Å². The second-order valence-electron chi connectivity index (χ2n) is 4.82. The first-order valence-electron chi connectivity index (χ1n) is 4.85. The third-order valence-corrected chi connectivity index (χ3v) is 2.22. The summed E-state index contributed by atoms with van der Waals surface area (Å²) in [5.74, 6) is 0.107. The molecule has 0 saturated heterocycles. The molecular formula is C10H21NO3. The van der Waals surface area contributed by atoms with Gasteiger partial charge >= 0.3 is 6.09 Å². The van der Waals surface area contributed by atoms with E-state index in [0.29, 0.717) is 0 Å². The molecule has 0 heterocycles. The molecule has 0 fully saturated rings. The Morgan fingerprint density at radius 2 is 1.79 bits per heavy atom. The van der Waals surface area contributed by atoms with E-state index in [1.165, 1.54) is 4.90 Å². The Hall–Kier alpha value is -0.770. The van der Waals surface area contributed by atoms with Crippen molar-refractivity contribution in [3.05, 3.63) is 0 Å². The van der Waals surface area contributed by atoms with Gasteiger partial charge in [0.25, 0.3) is 0 Å². The lowest BCUT2D eigenvalue weighted by Crippen LogP contribution is -2.54. The minimum atomic E-state index is -0.981. The summed E-state index contributed by atoms with van der Waals surface area (Å²) in [6, 6.07) is -0.340. The van der Waals surface area contributed by atoms with Crippen LogP contribution in [-0.4, -0.2) is 39.4 Å². The van der Waals surface area contributed by atoms with E-state index < -0.39 is 11.6 Å². The highest BCUT2D eigenvalue weighted by atomic mass is 16.4. The van der Waals surface area contributed by atoms with E-state index in [0.717, 1.165) is 0 Å². The number of amides is 1. The molecule has 1 atom stereocenters. The molecule has 0 aromatic rings. The Kier molecular flexibility index (Phi) is 4.39. The molecule has 0 aliphatic carbocycles. The van der Waals surface area contributed by atoms with Crippen LogP contribution < -0.4 is 0 Å². The maximum Gasteiger partial charge on any atom is 0.408 e. The number of rotatable bonds is 3. The van der Waals surface area contributed by atoms with E-state index in [-0.39, 0.29) is 18.6 Å². The molecule has 0 spiro atoms. The van der Waals surface area contributed by atoms with E-state index in [4.69, 9.17) is 5.11 Å². The van der Waals surface area contributed by atoms with Crippen molar-refractivity contribution in [2.75, 3.05) is 6.61 Å². The van der Waals surface area contributed by atoms with Crippen molar-refractivity contribution in [3.8, 4) is 0 Å². The average molecular weight is 203 g/mol. The van der Waals surface area contributed by atoms with Gasteiger partial charge in [0.15, 0.2) is 0 Å². The van der Waals surface area contributed by atoms with Crippen molar-refractivity contribution in [2.45, 2.75) is 46.2 Å². The lowest BCUT2D eigenvalue weighted by Gasteiger charge is -2.40. The molecule has 0 saturated carbocycles. The Bertz CT molecular complexity index is 196. The van der Waals surface area contributed by atoms with Gasteiger partial charge in [-0.1, -0.05) is 13.8 Å². The lowest BCUT2D eigenvalue weighted by atomic mass is 9.97. The molecular weight excluding hydrogens is 182 g/mol. The predicted octanol–water partition coefficient (Wildman–Crippen LogP) is 1.78. The first-order valence-corrected chi connectivity index (χ1v) is 4.85. The lowest BCUT2D eigenvalue weighted by molar-refractivity contribution is 0.0284. The molecule has 0 aromatic carbocycles. The van der Waals surface area contributed by atoms with Crippen LogP contribution in [0.1, 0.15) is 34.6 Å². The summed E-state index contributed by atoms with van der Waals surface area (Å²) in [7, 11) is 0. The fourth-order valence-electron chi connectivity index (χ4n) is 1.52. The molecule has 2 N–H and O–H groups in total. The fourth-order valence-corrected chi connectivity index (χ4v) is 1.52. The van der Waals surface area contributed by atoms with Crippen LogP contribution in [0.2, 0.25) is 0 Å². The first kappa shape index (κ1) is 13.2. The van der Waals surface area contributed by atoms with Gasteiger partial charge in [0.1, 0.15) is 0 Å². The van der Waals surface area contributed by atoms with Crippen LogP contribution in [0.5, 0.6) is 0 Å². The highest BCUT2D eigenvalue weighted by Gasteiger charge is 2.34. The maximum absolute atomic E-state index is 11.1. The van der Waals surface area contributed by atoms with E-state index in [1.807, 2.05) is 34.6 Å². The Morgan fingerprint density at radius 3 is 1.86 bits per heavy atom. The zero-order chi connectivity index (χ0) is 11.5. The van der Waals surface area contributed by atoms with Gasteiger partial charge in [-0.2, -0.15) is 0 Å². The van der Waals surface area contributed by atoms with Gasteiger partial charge in [-0.05, 0) is 26.7 Å². The van der Waals surface area contributed by atoms with E-state index in [1.54, 1.807) is 0 Å². The van der Waals surface area contributed by atoms with Gasteiger partial charge in [-0.15, -0.1) is 0 Å². The monoisotopic (exact) mass is 203 g/mol.